The van der Waals surface area contributed by atoms with Crippen molar-refractivity contribution in [1.82, 2.24) is 0 Å². The predicted molar refractivity (Wildman–Crippen MR) is 110 cm³/mol. The van der Waals surface area contributed by atoms with E-state index in [1.807, 2.05) is 13.8 Å². The van der Waals surface area contributed by atoms with E-state index in [-0.39, 0.29) is 33.9 Å². The molecule has 0 amide bonds. The van der Waals surface area contributed by atoms with E-state index < -0.39 is 11.8 Å². The summed E-state index contributed by atoms with van der Waals surface area (Å²) in [4.78, 5) is 11.4. The van der Waals surface area contributed by atoms with E-state index in [1.54, 1.807) is 6.92 Å². The van der Waals surface area contributed by atoms with E-state index in [0.29, 0.717) is 12.8 Å². The molecule has 0 rings (SSSR count). The monoisotopic (exact) mass is 408 g/mol. The van der Waals surface area contributed by atoms with Gasteiger partial charge in [-0.2, -0.15) is 13.2 Å². The number of hydrogen-bond donors (Lipinski definition) is 1. The topological polar surface area (TPSA) is 37.3 Å². The molecule has 1 N–H and O–H groups in total. The molecule has 168 valence electrons. The lowest BCUT2D eigenvalue weighted by molar-refractivity contribution is -0.257. The number of alkyl halides is 3. The van der Waals surface area contributed by atoms with Crippen molar-refractivity contribution in [1.29, 1.82) is 0 Å². The van der Waals surface area contributed by atoms with E-state index in [4.69, 9.17) is 0 Å². The normalized spacial score (nSPS) is 16.8. The summed E-state index contributed by atoms with van der Waals surface area (Å²) in [6.07, 6.45) is -1.45. The van der Waals surface area contributed by atoms with E-state index in [9.17, 15) is 23.1 Å². The highest BCUT2D eigenvalue weighted by atomic mass is 19.4. The summed E-state index contributed by atoms with van der Waals surface area (Å²) in [6, 6.07) is 0. The number of Topliss-reactive ketones (excluding diaryl/α,β-unsaturated/α-hetero) is 1. The number of ketones is 1. The SMILES string of the molecule is CC(=O)CCC(C)(C)C(C)(C)CCC(C)(C)C(C)(C)CCC(C)(O)C(F)(F)F. The Bertz CT molecular complexity index is 526. The molecule has 0 bridgehead atoms. The van der Waals surface area contributed by atoms with E-state index in [1.165, 1.54) is 0 Å². The predicted octanol–water partition coefficient (Wildman–Crippen LogP) is 7.33. The minimum absolute atomic E-state index is 0.00668. The molecule has 0 aromatic carbocycles. The first kappa shape index (κ1) is 27.4. The standard InChI is InChI=1S/C23H43F3O2/c1-17(27)11-12-18(2,3)19(4,5)13-14-20(6,7)21(8,9)15-16-22(10,28)23(24,25)26/h28H,11-16H2,1-10H3. The fourth-order valence-corrected chi connectivity index (χ4v) is 3.16. The van der Waals surface area contributed by atoms with Crippen LogP contribution < -0.4 is 0 Å². The maximum absolute atomic E-state index is 13.0. The number of hydrogen-bond acceptors (Lipinski definition) is 2. The van der Waals surface area contributed by atoms with Gasteiger partial charge in [0.05, 0.1) is 0 Å². The van der Waals surface area contributed by atoms with Gasteiger partial charge in [-0.1, -0.05) is 55.4 Å². The molecule has 2 nitrogen and oxygen atoms in total. The van der Waals surface area contributed by atoms with Gasteiger partial charge in [0.1, 0.15) is 5.78 Å². The Morgan fingerprint density at radius 2 is 0.929 bits per heavy atom. The Morgan fingerprint density at radius 3 is 1.21 bits per heavy atom. The molecule has 1 unspecified atom stereocenters. The molecule has 0 saturated heterocycles. The maximum atomic E-state index is 13.0. The number of halogens is 3. The Labute approximate surface area is 170 Å². The second-order valence-corrected chi connectivity index (χ2v) is 11.5. The van der Waals surface area contributed by atoms with Crippen molar-refractivity contribution < 1.29 is 23.1 Å². The summed E-state index contributed by atoms with van der Waals surface area (Å²) < 4.78 is 39.0. The highest BCUT2D eigenvalue weighted by Gasteiger charge is 2.51. The van der Waals surface area contributed by atoms with Crippen molar-refractivity contribution >= 4 is 5.78 Å². The first-order valence-electron chi connectivity index (χ1n) is 10.4. The van der Waals surface area contributed by atoms with Crippen LogP contribution in [0.3, 0.4) is 0 Å². The minimum atomic E-state index is -4.62. The molecule has 5 heteroatoms. The quantitative estimate of drug-likeness (QED) is 0.388. The zero-order valence-corrected chi connectivity index (χ0v) is 19.7. The molecular formula is C23H43F3O2. The molecule has 0 aliphatic carbocycles. The second-order valence-electron chi connectivity index (χ2n) is 11.5. The molecule has 0 radical (unpaired) electrons. The van der Waals surface area contributed by atoms with E-state index in [0.717, 1.165) is 26.2 Å². The Balaban J connectivity index is 5.12. The highest BCUT2D eigenvalue weighted by Crippen LogP contribution is 2.52. The van der Waals surface area contributed by atoms with Gasteiger partial charge < -0.3 is 9.90 Å². The van der Waals surface area contributed by atoms with Crippen LogP contribution in [0.5, 0.6) is 0 Å². The zero-order chi connectivity index (χ0) is 22.8. The van der Waals surface area contributed by atoms with Gasteiger partial charge in [0, 0.05) is 6.42 Å². The van der Waals surface area contributed by atoms with Gasteiger partial charge in [0.2, 0.25) is 0 Å². The largest absolute Gasteiger partial charge is 0.416 e. The first-order valence-corrected chi connectivity index (χ1v) is 10.4. The first-order chi connectivity index (χ1) is 12.1. The van der Waals surface area contributed by atoms with Crippen LogP contribution in [0, 0.1) is 21.7 Å². The molecular weight excluding hydrogens is 365 g/mol. The third-order valence-corrected chi connectivity index (χ3v) is 7.99. The number of aliphatic hydroxyl groups is 1. The molecule has 0 aromatic rings. The van der Waals surface area contributed by atoms with Crippen LogP contribution in [0.15, 0.2) is 0 Å². The van der Waals surface area contributed by atoms with Crippen LogP contribution in [-0.4, -0.2) is 22.7 Å². The summed E-state index contributed by atoms with van der Waals surface area (Å²) in [7, 11) is 0. The summed E-state index contributed by atoms with van der Waals surface area (Å²) >= 11 is 0. The minimum Gasteiger partial charge on any atom is -0.381 e. The summed E-state index contributed by atoms with van der Waals surface area (Å²) in [5.41, 5.74) is -3.23. The van der Waals surface area contributed by atoms with Crippen molar-refractivity contribution in [2.75, 3.05) is 0 Å². The van der Waals surface area contributed by atoms with Crippen LogP contribution >= 0.6 is 0 Å². The lowest BCUT2D eigenvalue weighted by atomic mass is 9.58. The third-order valence-electron chi connectivity index (χ3n) is 7.99. The molecule has 0 spiro atoms. The summed E-state index contributed by atoms with van der Waals surface area (Å²) in [6.45, 7) is 19.5. The van der Waals surface area contributed by atoms with Gasteiger partial charge in [0.15, 0.2) is 5.60 Å². The fraction of sp³-hybridized carbons (Fsp3) is 0.957. The molecule has 0 aliphatic rings. The zero-order valence-electron chi connectivity index (χ0n) is 19.7. The van der Waals surface area contributed by atoms with Gasteiger partial charge in [-0.25, -0.2) is 0 Å². The van der Waals surface area contributed by atoms with E-state index in [2.05, 4.69) is 41.5 Å². The number of rotatable bonds is 11. The van der Waals surface area contributed by atoms with Gasteiger partial charge in [-0.05, 0) is 67.6 Å². The average Bonchev–Trinajstić information content (AvgIpc) is 2.48. The molecule has 0 saturated carbocycles. The number of carbonyl (C=O) groups excluding carboxylic acids is 1. The van der Waals surface area contributed by atoms with E-state index >= 15 is 0 Å². The Kier molecular flexibility index (Phi) is 8.47. The van der Waals surface area contributed by atoms with Crippen LogP contribution in [0.4, 0.5) is 13.2 Å². The Hall–Kier alpha value is -0.580. The molecule has 28 heavy (non-hydrogen) atoms. The van der Waals surface area contributed by atoms with Crippen molar-refractivity contribution in [2.45, 2.75) is 120 Å². The third kappa shape index (κ3) is 7.03. The van der Waals surface area contributed by atoms with Crippen molar-refractivity contribution in [3.05, 3.63) is 0 Å². The van der Waals surface area contributed by atoms with Crippen LogP contribution in [-0.2, 0) is 4.79 Å². The summed E-state index contributed by atoms with van der Waals surface area (Å²) in [5.74, 6) is 0.196. The highest BCUT2D eigenvalue weighted by molar-refractivity contribution is 5.75. The Morgan fingerprint density at radius 1 is 0.643 bits per heavy atom. The molecule has 0 heterocycles. The number of carbonyl (C=O) groups is 1. The average molecular weight is 409 g/mol. The lowest BCUT2D eigenvalue weighted by Crippen LogP contribution is -2.44. The molecule has 1 atom stereocenters. The maximum Gasteiger partial charge on any atom is 0.416 e. The smallest absolute Gasteiger partial charge is 0.381 e. The van der Waals surface area contributed by atoms with Crippen LogP contribution in [0.2, 0.25) is 0 Å². The van der Waals surface area contributed by atoms with Gasteiger partial charge in [-0.15, -0.1) is 0 Å². The molecule has 0 aliphatic heterocycles. The van der Waals surface area contributed by atoms with Crippen LogP contribution in [0.1, 0.15) is 108 Å². The molecule has 0 fully saturated rings. The van der Waals surface area contributed by atoms with Gasteiger partial charge >= 0.3 is 6.18 Å². The fourth-order valence-electron chi connectivity index (χ4n) is 3.16. The van der Waals surface area contributed by atoms with Gasteiger partial charge in [-0.3, -0.25) is 0 Å². The van der Waals surface area contributed by atoms with Crippen molar-refractivity contribution in [3.63, 3.8) is 0 Å². The van der Waals surface area contributed by atoms with Gasteiger partial charge in [0.25, 0.3) is 0 Å². The van der Waals surface area contributed by atoms with Crippen molar-refractivity contribution in [3.8, 4) is 0 Å². The molecule has 0 aromatic heterocycles. The van der Waals surface area contributed by atoms with Crippen molar-refractivity contribution in [2.24, 2.45) is 21.7 Å². The van der Waals surface area contributed by atoms with Crippen LogP contribution in [0.25, 0.3) is 0 Å². The summed E-state index contributed by atoms with van der Waals surface area (Å²) in [5, 5.41) is 9.80. The second kappa shape index (κ2) is 8.65. The lowest BCUT2D eigenvalue weighted by Gasteiger charge is -2.48.